The molecule has 1 aliphatic carbocycles. The molecule has 0 fully saturated rings. The molecule has 0 aliphatic heterocycles. The van der Waals surface area contributed by atoms with Crippen molar-refractivity contribution in [2.45, 2.75) is 6.42 Å². The van der Waals surface area contributed by atoms with Gasteiger partial charge < -0.3 is 5.11 Å². The molecule has 0 amide bonds. The standard InChI is InChI=1S/C7H5NO4/c9-4-5-2-1-3-6(10)7(5)8(11)12/h1,3,10H,2H2. The van der Waals surface area contributed by atoms with Crippen LogP contribution in [0.4, 0.5) is 0 Å². The third-order valence-corrected chi connectivity index (χ3v) is 1.43. The second kappa shape index (κ2) is 3.02. The number of nitro groups is 1. The monoisotopic (exact) mass is 167 g/mol. The van der Waals surface area contributed by atoms with E-state index in [0.29, 0.717) is 0 Å². The Morgan fingerprint density at radius 3 is 2.75 bits per heavy atom. The summed E-state index contributed by atoms with van der Waals surface area (Å²) in [6, 6.07) is 0. The highest BCUT2D eigenvalue weighted by Crippen LogP contribution is 2.21. The van der Waals surface area contributed by atoms with Crippen LogP contribution < -0.4 is 0 Å². The molecule has 0 saturated heterocycles. The summed E-state index contributed by atoms with van der Waals surface area (Å²) in [4.78, 5) is 19.7. The summed E-state index contributed by atoms with van der Waals surface area (Å²) in [5.74, 6) is 0.926. The zero-order valence-electron chi connectivity index (χ0n) is 5.98. The van der Waals surface area contributed by atoms with Crippen LogP contribution in [0.1, 0.15) is 6.42 Å². The molecular formula is C7H5NO4. The minimum atomic E-state index is -0.793. The topological polar surface area (TPSA) is 80.4 Å². The van der Waals surface area contributed by atoms with Crippen molar-refractivity contribution in [1.29, 1.82) is 0 Å². The molecule has 0 heterocycles. The maximum absolute atomic E-state index is 10.3. The first-order valence-electron chi connectivity index (χ1n) is 3.15. The second-order valence-electron chi connectivity index (χ2n) is 2.18. The molecule has 0 aromatic heterocycles. The molecule has 0 atom stereocenters. The fraction of sp³-hybridized carbons (Fsp3) is 0.143. The van der Waals surface area contributed by atoms with Crippen LogP contribution in [-0.4, -0.2) is 16.0 Å². The van der Waals surface area contributed by atoms with E-state index in [9.17, 15) is 14.9 Å². The van der Waals surface area contributed by atoms with Crippen LogP contribution in [0.5, 0.6) is 0 Å². The molecule has 0 radical (unpaired) electrons. The van der Waals surface area contributed by atoms with Gasteiger partial charge in [-0.05, 0) is 6.08 Å². The highest BCUT2D eigenvalue weighted by molar-refractivity contribution is 5.62. The van der Waals surface area contributed by atoms with Gasteiger partial charge in [-0.15, -0.1) is 0 Å². The molecule has 5 nitrogen and oxygen atoms in total. The van der Waals surface area contributed by atoms with Gasteiger partial charge >= 0.3 is 5.70 Å². The van der Waals surface area contributed by atoms with Crippen LogP contribution in [0.3, 0.4) is 0 Å². The average molecular weight is 167 g/mol. The van der Waals surface area contributed by atoms with Gasteiger partial charge in [0.1, 0.15) is 11.5 Å². The van der Waals surface area contributed by atoms with Crippen molar-refractivity contribution in [3.63, 3.8) is 0 Å². The highest BCUT2D eigenvalue weighted by atomic mass is 16.6. The van der Waals surface area contributed by atoms with Crippen molar-refractivity contribution >= 4 is 5.94 Å². The smallest absolute Gasteiger partial charge is 0.325 e. The minimum absolute atomic E-state index is 0.125. The van der Waals surface area contributed by atoms with Crippen molar-refractivity contribution in [2.24, 2.45) is 0 Å². The number of aliphatic hydroxyl groups is 1. The summed E-state index contributed by atoms with van der Waals surface area (Å²) in [7, 11) is 0. The van der Waals surface area contributed by atoms with Crippen molar-refractivity contribution < 1.29 is 14.8 Å². The van der Waals surface area contributed by atoms with E-state index in [1.807, 2.05) is 0 Å². The number of carbonyl (C=O) groups excluding carboxylic acids is 1. The number of aliphatic hydroxyl groups excluding tert-OH is 1. The van der Waals surface area contributed by atoms with Gasteiger partial charge in [-0.1, -0.05) is 6.08 Å². The lowest BCUT2D eigenvalue weighted by Crippen LogP contribution is -2.08. The molecule has 1 rings (SSSR count). The minimum Gasteiger partial charge on any atom is -0.502 e. The van der Waals surface area contributed by atoms with Crippen molar-refractivity contribution in [3.05, 3.63) is 39.3 Å². The molecule has 0 unspecified atom stereocenters. The number of nitrogens with zero attached hydrogens (tertiary/aromatic N) is 1. The maximum Gasteiger partial charge on any atom is 0.325 e. The van der Waals surface area contributed by atoms with Crippen LogP contribution in [0, 0.1) is 10.1 Å². The van der Waals surface area contributed by atoms with Crippen LogP contribution >= 0.6 is 0 Å². The Hall–Kier alpha value is -1.87. The molecule has 1 N–H and O–H groups in total. The highest BCUT2D eigenvalue weighted by Gasteiger charge is 2.25. The number of hydrogen-bond donors (Lipinski definition) is 1. The molecule has 0 bridgehead atoms. The third-order valence-electron chi connectivity index (χ3n) is 1.43. The summed E-state index contributed by atoms with van der Waals surface area (Å²) in [6.45, 7) is 0. The summed E-state index contributed by atoms with van der Waals surface area (Å²) in [5, 5.41) is 19.3. The quantitative estimate of drug-likeness (QED) is 0.355. The largest absolute Gasteiger partial charge is 0.502 e. The molecule has 62 valence electrons. The molecule has 0 saturated carbocycles. The van der Waals surface area contributed by atoms with Crippen molar-refractivity contribution in [3.8, 4) is 0 Å². The van der Waals surface area contributed by atoms with E-state index in [4.69, 9.17) is 5.11 Å². The Morgan fingerprint density at radius 2 is 2.33 bits per heavy atom. The van der Waals surface area contributed by atoms with E-state index < -0.39 is 16.4 Å². The Morgan fingerprint density at radius 1 is 1.67 bits per heavy atom. The predicted octanol–water partition coefficient (Wildman–Crippen LogP) is 0.751. The summed E-state index contributed by atoms with van der Waals surface area (Å²) >= 11 is 0. The SMILES string of the molecule is O=C=C1CC=CC(O)=C1[N+](=O)[O-]. The van der Waals surface area contributed by atoms with Gasteiger partial charge in [0.2, 0.25) is 0 Å². The van der Waals surface area contributed by atoms with Crippen LogP contribution in [0.15, 0.2) is 29.2 Å². The zero-order valence-corrected chi connectivity index (χ0v) is 5.98. The zero-order chi connectivity index (χ0) is 9.14. The van der Waals surface area contributed by atoms with E-state index >= 15 is 0 Å². The van der Waals surface area contributed by atoms with Crippen LogP contribution in [0.2, 0.25) is 0 Å². The van der Waals surface area contributed by atoms with Crippen molar-refractivity contribution in [2.75, 3.05) is 0 Å². The number of rotatable bonds is 1. The number of allylic oxidation sites excluding steroid dienone is 3. The van der Waals surface area contributed by atoms with Crippen molar-refractivity contribution in [1.82, 2.24) is 0 Å². The molecule has 12 heavy (non-hydrogen) atoms. The van der Waals surface area contributed by atoms with Gasteiger partial charge in [-0.2, -0.15) is 0 Å². The first kappa shape index (κ1) is 8.23. The first-order chi connectivity index (χ1) is 5.66. The third kappa shape index (κ3) is 1.26. The fourth-order valence-electron chi connectivity index (χ4n) is 0.912. The molecule has 0 aromatic rings. The van der Waals surface area contributed by atoms with Gasteiger partial charge in [0.15, 0.2) is 5.76 Å². The fourth-order valence-corrected chi connectivity index (χ4v) is 0.912. The Balaban J connectivity index is 3.25. The summed E-state index contributed by atoms with van der Waals surface area (Å²) in [5.41, 5.74) is -0.674. The second-order valence-corrected chi connectivity index (χ2v) is 2.18. The molecule has 1 aliphatic rings. The summed E-state index contributed by atoms with van der Waals surface area (Å²) < 4.78 is 0. The van der Waals surface area contributed by atoms with E-state index in [1.165, 1.54) is 18.1 Å². The van der Waals surface area contributed by atoms with Crippen LogP contribution in [0.25, 0.3) is 0 Å². The first-order valence-corrected chi connectivity index (χ1v) is 3.15. The molecule has 0 spiro atoms. The lowest BCUT2D eigenvalue weighted by Gasteiger charge is -2.03. The number of hydrogen-bond acceptors (Lipinski definition) is 4. The van der Waals surface area contributed by atoms with E-state index in [0.717, 1.165) is 0 Å². The average Bonchev–Trinajstić information content (AvgIpc) is 2.03. The van der Waals surface area contributed by atoms with Gasteiger partial charge in [-0.3, -0.25) is 10.1 Å². The lowest BCUT2D eigenvalue weighted by molar-refractivity contribution is -0.423. The normalized spacial score (nSPS) is 16.2. The summed E-state index contributed by atoms with van der Waals surface area (Å²) in [6.07, 6.45) is 2.80. The lowest BCUT2D eigenvalue weighted by atomic mass is 10.1. The molecule has 5 heteroatoms. The van der Waals surface area contributed by atoms with E-state index in [2.05, 4.69) is 0 Å². The molecule has 0 aromatic carbocycles. The van der Waals surface area contributed by atoms with E-state index in [1.54, 1.807) is 0 Å². The Bertz CT molecular complexity index is 333. The molecular weight excluding hydrogens is 162 g/mol. The predicted molar refractivity (Wildman–Crippen MR) is 39.6 cm³/mol. The Kier molecular flexibility index (Phi) is 2.07. The Labute approximate surface area is 67.5 Å². The maximum atomic E-state index is 10.3. The van der Waals surface area contributed by atoms with Crippen LogP contribution in [-0.2, 0) is 4.79 Å². The van der Waals surface area contributed by atoms with Gasteiger partial charge in [0.05, 0.1) is 4.92 Å². The van der Waals surface area contributed by atoms with Gasteiger partial charge in [0.25, 0.3) is 0 Å². The van der Waals surface area contributed by atoms with E-state index in [-0.39, 0.29) is 12.0 Å². The van der Waals surface area contributed by atoms with Gasteiger partial charge in [-0.25, -0.2) is 4.79 Å². The van der Waals surface area contributed by atoms with Gasteiger partial charge in [0, 0.05) is 6.42 Å².